The third-order valence-corrected chi connectivity index (χ3v) is 3.43. The fraction of sp³-hybridized carbons (Fsp3) is 0.176. The zero-order valence-electron chi connectivity index (χ0n) is 13.4. The SMILES string of the molecule is C/C(=N/NC(=O)CNc1ccccc1C)c1ccc([N+](=O)[O-])cc1. The molecule has 7 heteroatoms. The van der Waals surface area contributed by atoms with Gasteiger partial charge in [0.1, 0.15) is 0 Å². The van der Waals surface area contributed by atoms with Gasteiger partial charge in [-0.3, -0.25) is 14.9 Å². The van der Waals surface area contributed by atoms with Gasteiger partial charge in [-0.15, -0.1) is 0 Å². The van der Waals surface area contributed by atoms with Crippen LogP contribution in [0, 0.1) is 17.0 Å². The normalized spacial score (nSPS) is 11.0. The van der Waals surface area contributed by atoms with E-state index in [0.29, 0.717) is 11.3 Å². The molecule has 124 valence electrons. The van der Waals surface area contributed by atoms with E-state index in [1.54, 1.807) is 19.1 Å². The number of carbonyl (C=O) groups is 1. The highest BCUT2D eigenvalue weighted by Crippen LogP contribution is 2.13. The first kappa shape index (κ1) is 17.1. The Morgan fingerprint density at radius 1 is 1.17 bits per heavy atom. The highest BCUT2D eigenvalue weighted by molar-refractivity contribution is 5.99. The minimum absolute atomic E-state index is 0.0121. The smallest absolute Gasteiger partial charge is 0.269 e. The molecule has 0 aliphatic heterocycles. The number of hydrogen-bond acceptors (Lipinski definition) is 5. The summed E-state index contributed by atoms with van der Waals surface area (Å²) in [6.45, 7) is 3.77. The van der Waals surface area contributed by atoms with Gasteiger partial charge < -0.3 is 5.32 Å². The van der Waals surface area contributed by atoms with Crippen LogP contribution in [0.4, 0.5) is 11.4 Å². The van der Waals surface area contributed by atoms with Gasteiger partial charge in [-0.05, 0) is 43.2 Å². The standard InChI is InChI=1S/C17H18N4O3/c1-12-5-3-4-6-16(12)18-11-17(22)20-19-13(2)14-7-9-15(10-8-14)21(23)24/h3-10,18H,11H2,1-2H3,(H,20,22)/b19-13-. The Bertz CT molecular complexity index is 770. The van der Waals surface area contributed by atoms with E-state index in [9.17, 15) is 14.9 Å². The summed E-state index contributed by atoms with van der Waals surface area (Å²) in [6, 6.07) is 13.7. The molecule has 2 aromatic rings. The van der Waals surface area contributed by atoms with Crippen molar-refractivity contribution in [3.63, 3.8) is 0 Å². The number of non-ortho nitro benzene ring substituents is 1. The number of anilines is 1. The second kappa shape index (κ2) is 7.87. The summed E-state index contributed by atoms with van der Waals surface area (Å²) in [5.74, 6) is -0.278. The van der Waals surface area contributed by atoms with Gasteiger partial charge in [0.15, 0.2) is 0 Å². The Kier molecular flexibility index (Phi) is 5.62. The van der Waals surface area contributed by atoms with Crippen molar-refractivity contribution in [2.24, 2.45) is 5.10 Å². The molecule has 0 aliphatic carbocycles. The molecule has 1 amide bonds. The first-order valence-corrected chi connectivity index (χ1v) is 7.35. The fourth-order valence-electron chi connectivity index (χ4n) is 2.02. The Labute approximate surface area is 139 Å². The summed E-state index contributed by atoms with van der Waals surface area (Å²) in [7, 11) is 0. The van der Waals surface area contributed by atoms with Crippen molar-refractivity contribution >= 4 is 23.0 Å². The van der Waals surface area contributed by atoms with Gasteiger partial charge in [-0.2, -0.15) is 5.10 Å². The van der Waals surface area contributed by atoms with E-state index in [4.69, 9.17) is 0 Å². The topological polar surface area (TPSA) is 96.6 Å². The zero-order chi connectivity index (χ0) is 17.5. The fourth-order valence-corrected chi connectivity index (χ4v) is 2.02. The second-order valence-corrected chi connectivity index (χ2v) is 5.20. The number of para-hydroxylation sites is 1. The number of carbonyl (C=O) groups excluding carboxylic acids is 1. The molecule has 0 bridgehead atoms. The van der Waals surface area contributed by atoms with E-state index in [2.05, 4.69) is 15.8 Å². The second-order valence-electron chi connectivity index (χ2n) is 5.20. The molecule has 7 nitrogen and oxygen atoms in total. The Balaban J connectivity index is 1.90. The number of aryl methyl sites for hydroxylation is 1. The van der Waals surface area contributed by atoms with Gasteiger partial charge in [0.2, 0.25) is 0 Å². The van der Waals surface area contributed by atoms with Crippen LogP contribution in [0.3, 0.4) is 0 Å². The lowest BCUT2D eigenvalue weighted by Crippen LogP contribution is -2.27. The molecule has 24 heavy (non-hydrogen) atoms. The van der Waals surface area contributed by atoms with Gasteiger partial charge in [-0.1, -0.05) is 18.2 Å². The number of hydrazone groups is 1. The minimum Gasteiger partial charge on any atom is -0.376 e. The van der Waals surface area contributed by atoms with Crippen molar-refractivity contribution in [3.8, 4) is 0 Å². The number of nitrogens with zero attached hydrogens (tertiary/aromatic N) is 2. The maximum Gasteiger partial charge on any atom is 0.269 e. The molecule has 0 aliphatic rings. The van der Waals surface area contributed by atoms with Crippen LogP contribution in [0.2, 0.25) is 0 Å². The van der Waals surface area contributed by atoms with E-state index in [1.807, 2.05) is 31.2 Å². The predicted molar refractivity (Wildman–Crippen MR) is 93.1 cm³/mol. The molecule has 0 saturated heterocycles. The Morgan fingerprint density at radius 2 is 1.83 bits per heavy atom. The van der Waals surface area contributed by atoms with Crippen molar-refractivity contribution in [2.75, 3.05) is 11.9 Å². The van der Waals surface area contributed by atoms with Crippen LogP contribution >= 0.6 is 0 Å². The van der Waals surface area contributed by atoms with Crippen molar-refractivity contribution in [2.45, 2.75) is 13.8 Å². The molecule has 2 rings (SSSR count). The van der Waals surface area contributed by atoms with E-state index >= 15 is 0 Å². The van der Waals surface area contributed by atoms with Crippen LogP contribution in [-0.4, -0.2) is 23.1 Å². The number of nitro groups is 1. The highest BCUT2D eigenvalue weighted by atomic mass is 16.6. The summed E-state index contributed by atoms with van der Waals surface area (Å²) in [5.41, 5.74) is 5.68. The summed E-state index contributed by atoms with van der Waals surface area (Å²) in [6.07, 6.45) is 0. The Morgan fingerprint density at radius 3 is 2.46 bits per heavy atom. The lowest BCUT2D eigenvalue weighted by Gasteiger charge is -2.08. The van der Waals surface area contributed by atoms with E-state index in [1.165, 1.54) is 12.1 Å². The van der Waals surface area contributed by atoms with Crippen LogP contribution in [0.5, 0.6) is 0 Å². The summed E-state index contributed by atoms with van der Waals surface area (Å²) in [4.78, 5) is 22.0. The minimum atomic E-state index is -0.463. The number of benzene rings is 2. The van der Waals surface area contributed by atoms with Crippen LogP contribution in [0.25, 0.3) is 0 Å². The van der Waals surface area contributed by atoms with Crippen molar-refractivity contribution in [1.82, 2.24) is 5.43 Å². The monoisotopic (exact) mass is 326 g/mol. The molecular formula is C17H18N4O3. The maximum atomic E-state index is 11.8. The molecule has 0 atom stereocenters. The van der Waals surface area contributed by atoms with E-state index < -0.39 is 4.92 Å². The number of hydrogen-bond donors (Lipinski definition) is 2. The average Bonchev–Trinajstić information content (AvgIpc) is 2.59. The molecule has 2 N–H and O–H groups in total. The van der Waals surface area contributed by atoms with Crippen LogP contribution in [0.1, 0.15) is 18.1 Å². The summed E-state index contributed by atoms with van der Waals surface area (Å²) in [5, 5.41) is 17.7. The molecule has 0 aromatic heterocycles. The van der Waals surface area contributed by atoms with E-state index in [0.717, 1.165) is 11.3 Å². The molecular weight excluding hydrogens is 308 g/mol. The first-order valence-electron chi connectivity index (χ1n) is 7.35. The van der Waals surface area contributed by atoms with Gasteiger partial charge >= 0.3 is 0 Å². The largest absolute Gasteiger partial charge is 0.376 e. The Hall–Kier alpha value is -3.22. The molecule has 0 unspecified atom stereocenters. The van der Waals surface area contributed by atoms with Gasteiger partial charge in [0.05, 0.1) is 17.2 Å². The van der Waals surface area contributed by atoms with Crippen LogP contribution < -0.4 is 10.7 Å². The molecule has 0 heterocycles. The maximum absolute atomic E-state index is 11.8. The van der Waals surface area contributed by atoms with Crippen molar-refractivity contribution < 1.29 is 9.72 Å². The molecule has 0 saturated carbocycles. The number of nitrogens with one attached hydrogen (secondary N) is 2. The lowest BCUT2D eigenvalue weighted by atomic mass is 10.1. The summed E-state index contributed by atoms with van der Waals surface area (Å²) >= 11 is 0. The summed E-state index contributed by atoms with van der Waals surface area (Å²) < 4.78 is 0. The van der Waals surface area contributed by atoms with Gasteiger partial charge in [0, 0.05) is 17.8 Å². The molecule has 2 aromatic carbocycles. The first-order chi connectivity index (χ1) is 11.5. The van der Waals surface area contributed by atoms with Crippen LogP contribution in [-0.2, 0) is 4.79 Å². The number of nitro benzene ring substituents is 1. The quantitative estimate of drug-likeness (QED) is 0.484. The van der Waals surface area contributed by atoms with Gasteiger partial charge in [-0.25, -0.2) is 5.43 Å². The predicted octanol–water partition coefficient (Wildman–Crippen LogP) is 2.86. The third-order valence-electron chi connectivity index (χ3n) is 3.43. The zero-order valence-corrected chi connectivity index (χ0v) is 13.4. The third kappa shape index (κ3) is 4.64. The molecule has 0 spiro atoms. The number of rotatable bonds is 6. The van der Waals surface area contributed by atoms with Crippen molar-refractivity contribution in [3.05, 3.63) is 69.8 Å². The average molecular weight is 326 g/mol. The van der Waals surface area contributed by atoms with Crippen LogP contribution in [0.15, 0.2) is 53.6 Å². The highest BCUT2D eigenvalue weighted by Gasteiger charge is 2.06. The van der Waals surface area contributed by atoms with Crippen molar-refractivity contribution in [1.29, 1.82) is 0 Å². The van der Waals surface area contributed by atoms with Gasteiger partial charge in [0.25, 0.3) is 11.6 Å². The lowest BCUT2D eigenvalue weighted by molar-refractivity contribution is -0.384. The van der Waals surface area contributed by atoms with E-state index in [-0.39, 0.29) is 18.1 Å². The molecule has 0 radical (unpaired) electrons. The number of amides is 1. The molecule has 0 fully saturated rings.